The predicted octanol–water partition coefficient (Wildman–Crippen LogP) is 0.649. The van der Waals surface area contributed by atoms with E-state index in [1.165, 1.54) is 6.42 Å². The lowest BCUT2D eigenvalue weighted by atomic mass is 9.80. The molecule has 1 aromatic rings. The summed E-state index contributed by atoms with van der Waals surface area (Å²) < 4.78 is 1.62. The first-order valence-corrected chi connectivity index (χ1v) is 4.31. The normalized spacial score (nSPS) is 20.5. The van der Waals surface area contributed by atoms with Crippen molar-refractivity contribution in [3.05, 3.63) is 11.9 Å². The Morgan fingerprint density at radius 3 is 2.83 bits per heavy atom. The molecule has 1 unspecified atom stereocenters. The molecule has 1 atom stereocenters. The molecule has 1 aliphatic carbocycles. The largest absolute Gasteiger partial charge is 0.386 e. The van der Waals surface area contributed by atoms with Crippen molar-refractivity contribution >= 4 is 0 Å². The summed E-state index contributed by atoms with van der Waals surface area (Å²) in [5, 5.41) is 17.4. The van der Waals surface area contributed by atoms with E-state index in [-0.39, 0.29) is 0 Å². The lowest BCUT2D eigenvalue weighted by molar-refractivity contribution is 0.0586. The van der Waals surface area contributed by atoms with Gasteiger partial charge in [0.1, 0.15) is 11.8 Å². The smallest absolute Gasteiger partial charge is 0.111 e. The van der Waals surface area contributed by atoms with Crippen molar-refractivity contribution < 1.29 is 5.11 Å². The van der Waals surface area contributed by atoms with Gasteiger partial charge in [-0.3, -0.25) is 4.68 Å². The average molecular weight is 167 g/mol. The van der Waals surface area contributed by atoms with Gasteiger partial charge in [-0.2, -0.15) is 0 Å². The summed E-state index contributed by atoms with van der Waals surface area (Å²) in [7, 11) is 1.81. The molecule has 1 aliphatic rings. The molecule has 12 heavy (non-hydrogen) atoms. The van der Waals surface area contributed by atoms with Gasteiger partial charge in [0.05, 0.1) is 6.20 Å². The van der Waals surface area contributed by atoms with Crippen molar-refractivity contribution in [3.63, 3.8) is 0 Å². The molecule has 1 aromatic heterocycles. The highest BCUT2D eigenvalue weighted by Crippen LogP contribution is 2.36. The van der Waals surface area contributed by atoms with Gasteiger partial charge in [-0.05, 0) is 18.8 Å². The third-order valence-corrected chi connectivity index (χ3v) is 2.52. The molecule has 0 aliphatic heterocycles. The summed E-state index contributed by atoms with van der Waals surface area (Å²) in [6.45, 7) is 0. The van der Waals surface area contributed by atoms with E-state index in [1.54, 1.807) is 10.9 Å². The first-order chi connectivity index (χ1) is 5.77. The molecule has 66 valence electrons. The Hall–Kier alpha value is -0.900. The number of aliphatic hydroxyl groups is 1. The summed E-state index contributed by atoms with van der Waals surface area (Å²) in [6.07, 6.45) is 4.87. The molecule has 0 spiro atoms. The second kappa shape index (κ2) is 2.86. The van der Waals surface area contributed by atoms with E-state index in [0.29, 0.717) is 11.6 Å². The summed E-state index contributed by atoms with van der Waals surface area (Å²) in [5.41, 5.74) is 0.710. The number of hydrogen-bond acceptors (Lipinski definition) is 3. The molecular weight excluding hydrogens is 154 g/mol. The van der Waals surface area contributed by atoms with E-state index in [4.69, 9.17) is 0 Å². The van der Waals surface area contributed by atoms with Crippen LogP contribution in [0.15, 0.2) is 6.20 Å². The first-order valence-electron chi connectivity index (χ1n) is 4.31. The number of rotatable bonds is 2. The fourth-order valence-corrected chi connectivity index (χ4v) is 1.50. The molecule has 0 saturated heterocycles. The van der Waals surface area contributed by atoms with E-state index >= 15 is 0 Å². The summed E-state index contributed by atoms with van der Waals surface area (Å²) in [4.78, 5) is 0. The van der Waals surface area contributed by atoms with Crippen molar-refractivity contribution in [1.29, 1.82) is 0 Å². The van der Waals surface area contributed by atoms with Crippen molar-refractivity contribution in [2.75, 3.05) is 0 Å². The van der Waals surface area contributed by atoms with Gasteiger partial charge < -0.3 is 5.11 Å². The van der Waals surface area contributed by atoms with E-state index < -0.39 is 6.10 Å². The van der Waals surface area contributed by atoms with E-state index in [9.17, 15) is 5.11 Å². The van der Waals surface area contributed by atoms with Gasteiger partial charge in [-0.25, -0.2) is 0 Å². The van der Waals surface area contributed by atoms with Crippen LogP contribution in [0.25, 0.3) is 0 Å². The molecule has 4 heteroatoms. The van der Waals surface area contributed by atoms with Crippen LogP contribution in [-0.4, -0.2) is 20.1 Å². The molecule has 1 fully saturated rings. The van der Waals surface area contributed by atoms with Crippen LogP contribution in [-0.2, 0) is 7.05 Å². The van der Waals surface area contributed by atoms with Gasteiger partial charge in [0.25, 0.3) is 0 Å². The second-order valence-corrected chi connectivity index (χ2v) is 3.45. The Balaban J connectivity index is 2.08. The molecular formula is C8H13N3O. The number of aryl methyl sites for hydroxylation is 1. The van der Waals surface area contributed by atoms with Crippen LogP contribution in [0.1, 0.15) is 31.1 Å². The molecule has 0 bridgehead atoms. The van der Waals surface area contributed by atoms with Gasteiger partial charge >= 0.3 is 0 Å². The molecule has 4 nitrogen and oxygen atoms in total. The monoisotopic (exact) mass is 167 g/mol. The molecule has 1 heterocycles. The number of nitrogens with zero attached hydrogens (tertiary/aromatic N) is 3. The molecule has 2 rings (SSSR count). The van der Waals surface area contributed by atoms with Crippen LogP contribution in [0, 0.1) is 5.92 Å². The highest BCUT2D eigenvalue weighted by atomic mass is 16.3. The van der Waals surface area contributed by atoms with Crippen molar-refractivity contribution in [3.8, 4) is 0 Å². The second-order valence-electron chi connectivity index (χ2n) is 3.45. The standard InChI is InChI=1S/C8H13N3O/c1-11-5-7(9-10-11)8(12)6-3-2-4-6/h5-6,8,12H,2-4H2,1H3. The highest BCUT2D eigenvalue weighted by Gasteiger charge is 2.28. The molecule has 0 aromatic carbocycles. The Kier molecular flexibility index (Phi) is 1.84. The van der Waals surface area contributed by atoms with Crippen LogP contribution in [0.5, 0.6) is 0 Å². The fraction of sp³-hybridized carbons (Fsp3) is 0.750. The van der Waals surface area contributed by atoms with Crippen molar-refractivity contribution in [2.24, 2.45) is 13.0 Å². The van der Waals surface area contributed by atoms with E-state index in [0.717, 1.165) is 12.8 Å². The molecule has 0 radical (unpaired) electrons. The fourth-order valence-electron chi connectivity index (χ4n) is 1.50. The Bertz CT molecular complexity index is 267. The molecule has 1 N–H and O–H groups in total. The van der Waals surface area contributed by atoms with Gasteiger partial charge in [-0.1, -0.05) is 11.6 Å². The van der Waals surface area contributed by atoms with E-state index in [1.807, 2.05) is 7.05 Å². The minimum absolute atomic E-state index is 0.396. The van der Waals surface area contributed by atoms with Gasteiger partial charge in [0.2, 0.25) is 0 Å². The Labute approximate surface area is 71.2 Å². The van der Waals surface area contributed by atoms with Crippen molar-refractivity contribution in [1.82, 2.24) is 15.0 Å². The summed E-state index contributed by atoms with van der Waals surface area (Å²) in [6, 6.07) is 0. The number of aromatic nitrogens is 3. The Morgan fingerprint density at radius 2 is 2.42 bits per heavy atom. The SMILES string of the molecule is Cn1cc(C(O)C2CCC2)nn1. The maximum Gasteiger partial charge on any atom is 0.111 e. The van der Waals surface area contributed by atoms with Gasteiger partial charge in [0.15, 0.2) is 0 Å². The lowest BCUT2D eigenvalue weighted by Gasteiger charge is -2.28. The zero-order chi connectivity index (χ0) is 8.55. The summed E-state index contributed by atoms with van der Waals surface area (Å²) >= 11 is 0. The molecule has 1 saturated carbocycles. The summed E-state index contributed by atoms with van der Waals surface area (Å²) in [5.74, 6) is 0.418. The van der Waals surface area contributed by atoms with Crippen LogP contribution < -0.4 is 0 Å². The number of aliphatic hydroxyl groups excluding tert-OH is 1. The number of hydrogen-bond donors (Lipinski definition) is 1. The van der Waals surface area contributed by atoms with Crippen molar-refractivity contribution in [2.45, 2.75) is 25.4 Å². The average Bonchev–Trinajstić information content (AvgIpc) is 2.31. The lowest BCUT2D eigenvalue weighted by Crippen LogP contribution is -2.20. The van der Waals surface area contributed by atoms with Gasteiger partial charge in [0, 0.05) is 7.05 Å². The first kappa shape index (κ1) is 7.73. The third kappa shape index (κ3) is 1.22. The zero-order valence-corrected chi connectivity index (χ0v) is 7.14. The quantitative estimate of drug-likeness (QED) is 0.703. The topological polar surface area (TPSA) is 50.9 Å². The predicted molar refractivity (Wildman–Crippen MR) is 43.3 cm³/mol. The van der Waals surface area contributed by atoms with Crippen LogP contribution >= 0.6 is 0 Å². The maximum atomic E-state index is 9.74. The maximum absolute atomic E-state index is 9.74. The Morgan fingerprint density at radius 1 is 1.67 bits per heavy atom. The van der Waals surface area contributed by atoms with Crippen LogP contribution in [0.4, 0.5) is 0 Å². The minimum atomic E-state index is -0.396. The van der Waals surface area contributed by atoms with E-state index in [2.05, 4.69) is 10.3 Å². The molecule has 0 amide bonds. The van der Waals surface area contributed by atoms with Crippen LogP contribution in [0.3, 0.4) is 0 Å². The van der Waals surface area contributed by atoms with Gasteiger partial charge in [-0.15, -0.1) is 5.10 Å². The minimum Gasteiger partial charge on any atom is -0.386 e. The van der Waals surface area contributed by atoms with Crippen LogP contribution in [0.2, 0.25) is 0 Å². The highest BCUT2D eigenvalue weighted by molar-refractivity contribution is 5.00. The third-order valence-electron chi connectivity index (χ3n) is 2.52. The zero-order valence-electron chi connectivity index (χ0n) is 7.14.